The Morgan fingerprint density at radius 2 is 1.61 bits per heavy atom. The zero-order chi connectivity index (χ0) is 12.5. The van der Waals surface area contributed by atoms with Gasteiger partial charge in [0.05, 0.1) is 6.04 Å². The molecule has 3 rings (SSSR count). The molecule has 0 N–H and O–H groups in total. The van der Waals surface area contributed by atoms with E-state index in [1.54, 1.807) is 0 Å². The van der Waals surface area contributed by atoms with Crippen LogP contribution in [-0.2, 0) is 6.42 Å². The van der Waals surface area contributed by atoms with Gasteiger partial charge >= 0.3 is 0 Å². The third kappa shape index (κ3) is 1.80. The molecule has 0 radical (unpaired) electrons. The molecule has 0 bridgehead atoms. The maximum Gasteiger partial charge on any atom is 0.0567 e. The molecule has 2 aromatic carbocycles. The molecule has 1 aliphatic heterocycles. The molecule has 0 saturated carbocycles. The van der Waals surface area contributed by atoms with Gasteiger partial charge in [-0.3, -0.25) is 0 Å². The lowest BCUT2D eigenvalue weighted by Crippen LogP contribution is -2.34. The molecule has 0 aliphatic carbocycles. The lowest BCUT2D eigenvalue weighted by atomic mass is 9.83. The Bertz CT molecular complexity index is 532. The lowest BCUT2D eigenvalue weighted by molar-refractivity contribution is 0.430. The van der Waals surface area contributed by atoms with E-state index in [1.165, 1.54) is 23.2 Å². The van der Waals surface area contributed by atoms with E-state index in [4.69, 9.17) is 0 Å². The summed E-state index contributed by atoms with van der Waals surface area (Å²) >= 11 is 0. The highest BCUT2D eigenvalue weighted by molar-refractivity contribution is 5.57. The summed E-state index contributed by atoms with van der Waals surface area (Å²) in [6.45, 7) is 2.35. The van der Waals surface area contributed by atoms with Gasteiger partial charge in [0.25, 0.3) is 0 Å². The van der Waals surface area contributed by atoms with Crippen LogP contribution >= 0.6 is 0 Å². The molecule has 2 aromatic rings. The average molecular weight is 237 g/mol. The fourth-order valence-electron chi connectivity index (χ4n) is 3.22. The van der Waals surface area contributed by atoms with Gasteiger partial charge in [0.15, 0.2) is 0 Å². The van der Waals surface area contributed by atoms with Crippen LogP contribution in [0.2, 0.25) is 0 Å². The number of nitrogens with zero attached hydrogens (tertiary/aromatic N) is 1. The van der Waals surface area contributed by atoms with E-state index in [1.807, 2.05) is 0 Å². The fraction of sp³-hybridized carbons (Fsp3) is 0.294. The topological polar surface area (TPSA) is 3.24 Å². The minimum absolute atomic E-state index is 0.487. The second-order valence-corrected chi connectivity index (χ2v) is 5.28. The Kier molecular flexibility index (Phi) is 2.83. The average Bonchev–Trinajstić information content (AvgIpc) is 2.40. The van der Waals surface area contributed by atoms with Gasteiger partial charge in [-0.15, -0.1) is 0 Å². The fourth-order valence-corrected chi connectivity index (χ4v) is 3.22. The van der Waals surface area contributed by atoms with E-state index in [0.717, 1.165) is 0 Å². The summed E-state index contributed by atoms with van der Waals surface area (Å²) in [4.78, 5) is 2.43. The van der Waals surface area contributed by atoms with Crippen LogP contribution in [0.5, 0.6) is 0 Å². The molecule has 0 spiro atoms. The van der Waals surface area contributed by atoms with E-state index < -0.39 is 0 Å². The van der Waals surface area contributed by atoms with Crippen molar-refractivity contribution in [2.24, 2.45) is 5.92 Å². The minimum atomic E-state index is 0.487. The van der Waals surface area contributed by atoms with Crippen molar-refractivity contribution in [1.29, 1.82) is 0 Å². The molecule has 1 heterocycles. The summed E-state index contributed by atoms with van der Waals surface area (Å²) < 4.78 is 0. The van der Waals surface area contributed by atoms with Gasteiger partial charge in [0, 0.05) is 12.7 Å². The van der Waals surface area contributed by atoms with Gasteiger partial charge in [0.2, 0.25) is 0 Å². The molecule has 1 heteroatoms. The molecule has 0 saturated heterocycles. The van der Waals surface area contributed by atoms with Gasteiger partial charge < -0.3 is 4.90 Å². The van der Waals surface area contributed by atoms with Gasteiger partial charge in [-0.1, -0.05) is 55.5 Å². The van der Waals surface area contributed by atoms with Crippen molar-refractivity contribution in [2.45, 2.75) is 19.4 Å². The minimum Gasteiger partial charge on any atom is -0.367 e. The van der Waals surface area contributed by atoms with Crippen LogP contribution in [0.3, 0.4) is 0 Å². The van der Waals surface area contributed by atoms with Crippen molar-refractivity contribution >= 4 is 5.69 Å². The molecule has 0 fully saturated rings. The number of benzene rings is 2. The van der Waals surface area contributed by atoms with Crippen molar-refractivity contribution in [2.75, 3.05) is 11.9 Å². The number of hydrogen-bond acceptors (Lipinski definition) is 1. The Labute approximate surface area is 109 Å². The van der Waals surface area contributed by atoms with Crippen molar-refractivity contribution < 1.29 is 0 Å². The maximum atomic E-state index is 2.43. The van der Waals surface area contributed by atoms with Crippen molar-refractivity contribution in [3.63, 3.8) is 0 Å². The molecule has 1 nitrogen and oxygen atoms in total. The summed E-state index contributed by atoms with van der Waals surface area (Å²) in [7, 11) is 2.21. The molecule has 2 unspecified atom stereocenters. The highest BCUT2D eigenvalue weighted by atomic mass is 15.1. The molecule has 18 heavy (non-hydrogen) atoms. The first kappa shape index (κ1) is 11.3. The summed E-state index contributed by atoms with van der Waals surface area (Å²) in [5.74, 6) is 0.646. The molecule has 0 aromatic heterocycles. The number of rotatable bonds is 1. The summed E-state index contributed by atoms with van der Waals surface area (Å²) in [5, 5.41) is 0. The molecule has 92 valence electrons. The summed E-state index contributed by atoms with van der Waals surface area (Å²) in [5.41, 5.74) is 4.27. The van der Waals surface area contributed by atoms with Gasteiger partial charge in [0.1, 0.15) is 0 Å². The Hall–Kier alpha value is -1.76. The van der Waals surface area contributed by atoms with Crippen LogP contribution in [0.4, 0.5) is 5.69 Å². The third-order valence-corrected chi connectivity index (χ3v) is 4.01. The number of hydrogen-bond donors (Lipinski definition) is 0. The first-order valence-corrected chi connectivity index (χ1v) is 6.63. The molecule has 0 amide bonds. The number of fused-ring (bicyclic) bond motifs is 1. The second kappa shape index (κ2) is 4.49. The zero-order valence-electron chi connectivity index (χ0n) is 11.0. The summed E-state index contributed by atoms with van der Waals surface area (Å²) in [6, 6.07) is 20.1. The summed E-state index contributed by atoms with van der Waals surface area (Å²) in [6.07, 6.45) is 1.17. The van der Waals surface area contributed by atoms with Crippen LogP contribution in [0.1, 0.15) is 24.1 Å². The molecule has 1 aliphatic rings. The number of para-hydroxylation sites is 1. The monoisotopic (exact) mass is 237 g/mol. The highest BCUT2D eigenvalue weighted by Crippen LogP contribution is 2.40. The van der Waals surface area contributed by atoms with Crippen LogP contribution < -0.4 is 4.90 Å². The molecular formula is C17H19N. The zero-order valence-corrected chi connectivity index (χ0v) is 11.0. The van der Waals surface area contributed by atoms with Crippen molar-refractivity contribution in [3.05, 3.63) is 65.7 Å². The predicted molar refractivity (Wildman–Crippen MR) is 76.9 cm³/mol. The van der Waals surface area contributed by atoms with E-state index in [0.29, 0.717) is 12.0 Å². The van der Waals surface area contributed by atoms with E-state index in [2.05, 4.69) is 73.5 Å². The smallest absolute Gasteiger partial charge is 0.0567 e. The quantitative estimate of drug-likeness (QED) is 0.723. The lowest BCUT2D eigenvalue weighted by Gasteiger charge is -2.40. The first-order valence-electron chi connectivity index (χ1n) is 6.63. The largest absolute Gasteiger partial charge is 0.367 e. The molecule has 2 atom stereocenters. The van der Waals surface area contributed by atoms with E-state index in [-0.39, 0.29) is 0 Å². The van der Waals surface area contributed by atoms with Crippen molar-refractivity contribution in [3.8, 4) is 0 Å². The normalized spacial score (nSPS) is 22.7. The van der Waals surface area contributed by atoms with Crippen molar-refractivity contribution in [1.82, 2.24) is 0 Å². The van der Waals surface area contributed by atoms with Gasteiger partial charge in [-0.05, 0) is 29.5 Å². The van der Waals surface area contributed by atoms with E-state index in [9.17, 15) is 0 Å². The Morgan fingerprint density at radius 1 is 0.944 bits per heavy atom. The van der Waals surface area contributed by atoms with Gasteiger partial charge in [-0.25, -0.2) is 0 Å². The Morgan fingerprint density at radius 3 is 2.39 bits per heavy atom. The van der Waals surface area contributed by atoms with Crippen LogP contribution in [0, 0.1) is 5.92 Å². The number of anilines is 1. The standard InChI is InChI=1S/C17H19N/c1-13-12-15-10-6-7-11-16(15)18(2)17(13)14-8-4-3-5-9-14/h3-11,13,17H,12H2,1-2H3. The maximum absolute atomic E-state index is 2.43. The van der Waals surface area contributed by atoms with Gasteiger partial charge in [-0.2, -0.15) is 0 Å². The SMILES string of the molecule is CC1Cc2ccccc2N(C)C1c1ccccc1. The third-order valence-electron chi connectivity index (χ3n) is 4.01. The second-order valence-electron chi connectivity index (χ2n) is 5.28. The predicted octanol–water partition coefficient (Wildman–Crippen LogP) is 4.06. The highest BCUT2D eigenvalue weighted by Gasteiger charge is 2.30. The van der Waals surface area contributed by atoms with Crippen LogP contribution in [-0.4, -0.2) is 7.05 Å². The van der Waals surface area contributed by atoms with Crippen LogP contribution in [0.25, 0.3) is 0 Å². The Balaban J connectivity index is 2.03. The first-order chi connectivity index (χ1) is 8.77. The van der Waals surface area contributed by atoms with Crippen LogP contribution in [0.15, 0.2) is 54.6 Å². The van der Waals surface area contributed by atoms with E-state index >= 15 is 0 Å². The molecular weight excluding hydrogens is 218 g/mol.